The van der Waals surface area contributed by atoms with Gasteiger partial charge in [0.15, 0.2) is 11.5 Å². The molecule has 3 nitrogen and oxygen atoms in total. The summed E-state index contributed by atoms with van der Waals surface area (Å²) in [6, 6.07) is 4.82. The molecule has 1 aliphatic heterocycles. The minimum atomic E-state index is 0.463. The van der Waals surface area contributed by atoms with Crippen LogP contribution in [0, 0.1) is 5.41 Å². The van der Waals surface area contributed by atoms with Gasteiger partial charge in [-0.25, -0.2) is 0 Å². The number of hydrogen-bond acceptors (Lipinski definition) is 3. The van der Waals surface area contributed by atoms with Gasteiger partial charge in [-0.15, -0.1) is 0 Å². The highest BCUT2D eigenvalue weighted by atomic mass is 79.9. The van der Waals surface area contributed by atoms with Crippen molar-refractivity contribution in [2.45, 2.75) is 32.9 Å². The molecule has 0 bridgehead atoms. The smallest absolute Gasteiger partial charge is 0.175 e. The normalized spacial score (nSPS) is 23.8. The number of ether oxygens (including phenoxy) is 2. The van der Waals surface area contributed by atoms with Crippen molar-refractivity contribution >= 4 is 15.9 Å². The Morgan fingerprint density at radius 3 is 2.78 bits per heavy atom. The van der Waals surface area contributed by atoms with E-state index in [0.717, 1.165) is 22.5 Å². The van der Waals surface area contributed by atoms with E-state index in [1.807, 2.05) is 0 Å². The summed E-state index contributed by atoms with van der Waals surface area (Å²) in [5.41, 5.74) is 1.69. The van der Waals surface area contributed by atoms with Crippen LogP contribution < -0.4 is 14.8 Å². The second-order valence-corrected chi connectivity index (χ2v) is 6.58. The lowest BCUT2D eigenvalue weighted by atomic mass is 10.1. The highest BCUT2D eigenvalue weighted by Gasteiger charge is 2.44. The van der Waals surface area contributed by atoms with Gasteiger partial charge in [0.2, 0.25) is 0 Å². The molecule has 1 unspecified atom stereocenters. The van der Waals surface area contributed by atoms with E-state index in [9.17, 15) is 0 Å². The predicted octanol–water partition coefficient (Wildman–Crippen LogP) is 3.11. The van der Waals surface area contributed by atoms with E-state index >= 15 is 0 Å². The molecule has 1 aromatic rings. The standard InChI is InChI=1S/C14H18BrNO2/c1-14(2)7-12(14)16-8-9-5-10(15)13-11(6-9)17-3-4-18-13/h5-6,12,16H,3-4,7-8H2,1-2H3. The maximum atomic E-state index is 5.63. The summed E-state index contributed by atoms with van der Waals surface area (Å²) in [7, 11) is 0. The first kappa shape index (κ1) is 12.3. The fourth-order valence-electron chi connectivity index (χ4n) is 2.32. The van der Waals surface area contributed by atoms with E-state index in [0.29, 0.717) is 24.7 Å². The molecule has 0 radical (unpaired) electrons. The van der Waals surface area contributed by atoms with Crippen molar-refractivity contribution in [3.63, 3.8) is 0 Å². The zero-order valence-electron chi connectivity index (χ0n) is 10.8. The second-order valence-electron chi connectivity index (χ2n) is 5.73. The van der Waals surface area contributed by atoms with Crippen molar-refractivity contribution in [3.05, 3.63) is 22.2 Å². The summed E-state index contributed by atoms with van der Waals surface area (Å²) in [5.74, 6) is 1.68. The summed E-state index contributed by atoms with van der Waals surface area (Å²) in [4.78, 5) is 0. The molecule has 0 saturated heterocycles. The van der Waals surface area contributed by atoms with Gasteiger partial charge in [0, 0.05) is 12.6 Å². The number of hydrogen-bond donors (Lipinski definition) is 1. The van der Waals surface area contributed by atoms with Crippen LogP contribution in [0.5, 0.6) is 11.5 Å². The van der Waals surface area contributed by atoms with Crippen LogP contribution in [-0.4, -0.2) is 19.3 Å². The first-order chi connectivity index (χ1) is 8.56. The van der Waals surface area contributed by atoms with Crippen molar-refractivity contribution in [2.75, 3.05) is 13.2 Å². The first-order valence-corrected chi connectivity index (χ1v) is 7.17. The van der Waals surface area contributed by atoms with Gasteiger partial charge in [-0.05, 0) is 45.5 Å². The molecule has 1 atom stereocenters. The van der Waals surface area contributed by atoms with Crippen molar-refractivity contribution in [3.8, 4) is 11.5 Å². The topological polar surface area (TPSA) is 30.5 Å². The Kier molecular flexibility index (Phi) is 3.02. The third-order valence-corrected chi connectivity index (χ3v) is 4.31. The molecule has 1 N–H and O–H groups in total. The quantitative estimate of drug-likeness (QED) is 0.930. The highest BCUT2D eigenvalue weighted by molar-refractivity contribution is 9.10. The lowest BCUT2D eigenvalue weighted by Crippen LogP contribution is -2.20. The molecule has 1 fully saturated rings. The van der Waals surface area contributed by atoms with E-state index in [4.69, 9.17) is 9.47 Å². The molecule has 1 aromatic carbocycles. The molecule has 2 aliphatic rings. The van der Waals surface area contributed by atoms with Crippen molar-refractivity contribution in [1.82, 2.24) is 5.32 Å². The van der Waals surface area contributed by atoms with E-state index in [-0.39, 0.29) is 0 Å². The van der Waals surface area contributed by atoms with Crippen molar-refractivity contribution < 1.29 is 9.47 Å². The number of fused-ring (bicyclic) bond motifs is 1. The predicted molar refractivity (Wildman–Crippen MR) is 74.2 cm³/mol. The van der Waals surface area contributed by atoms with Gasteiger partial charge in [-0.3, -0.25) is 0 Å². The molecule has 18 heavy (non-hydrogen) atoms. The Morgan fingerprint density at radius 1 is 1.33 bits per heavy atom. The molecular weight excluding hydrogens is 294 g/mol. The molecule has 1 saturated carbocycles. The van der Waals surface area contributed by atoms with Crippen LogP contribution in [0.25, 0.3) is 0 Å². The molecule has 0 amide bonds. The Bertz CT molecular complexity index is 473. The van der Waals surface area contributed by atoms with E-state index in [2.05, 4.69) is 47.2 Å². The molecule has 4 heteroatoms. The maximum absolute atomic E-state index is 5.63. The molecule has 1 aliphatic carbocycles. The zero-order valence-corrected chi connectivity index (χ0v) is 12.3. The summed E-state index contributed by atoms with van der Waals surface area (Å²) in [6.07, 6.45) is 1.26. The largest absolute Gasteiger partial charge is 0.486 e. The third-order valence-electron chi connectivity index (χ3n) is 3.72. The average Bonchev–Trinajstić information content (AvgIpc) is 2.95. The van der Waals surface area contributed by atoms with E-state index < -0.39 is 0 Å². The molecule has 3 rings (SSSR count). The van der Waals surface area contributed by atoms with Crippen molar-refractivity contribution in [1.29, 1.82) is 0 Å². The summed E-state index contributed by atoms with van der Waals surface area (Å²) >= 11 is 3.55. The Morgan fingerprint density at radius 2 is 2.06 bits per heavy atom. The SMILES string of the molecule is CC1(C)CC1NCc1cc(Br)c2c(c1)OCCO2. The second kappa shape index (κ2) is 4.42. The molecule has 98 valence electrons. The fraction of sp³-hybridized carbons (Fsp3) is 0.571. The van der Waals surface area contributed by atoms with Gasteiger partial charge in [-0.1, -0.05) is 13.8 Å². The number of rotatable bonds is 3. The highest BCUT2D eigenvalue weighted by Crippen LogP contribution is 2.45. The lowest BCUT2D eigenvalue weighted by molar-refractivity contribution is 0.170. The molecule has 1 heterocycles. The monoisotopic (exact) mass is 311 g/mol. The number of benzene rings is 1. The van der Waals surface area contributed by atoms with Crippen LogP contribution in [0.2, 0.25) is 0 Å². The van der Waals surface area contributed by atoms with Gasteiger partial charge in [0.05, 0.1) is 4.47 Å². The molecular formula is C14H18BrNO2. The lowest BCUT2D eigenvalue weighted by Gasteiger charge is -2.20. The minimum Gasteiger partial charge on any atom is -0.486 e. The Labute approximate surface area is 116 Å². The van der Waals surface area contributed by atoms with Gasteiger partial charge in [0.1, 0.15) is 13.2 Å². The summed E-state index contributed by atoms with van der Waals surface area (Å²) in [5, 5.41) is 3.58. The maximum Gasteiger partial charge on any atom is 0.175 e. The average molecular weight is 312 g/mol. The molecule has 0 spiro atoms. The van der Waals surface area contributed by atoms with Gasteiger partial charge in [0.25, 0.3) is 0 Å². The van der Waals surface area contributed by atoms with E-state index in [1.165, 1.54) is 12.0 Å². The van der Waals surface area contributed by atoms with Gasteiger partial charge in [-0.2, -0.15) is 0 Å². The van der Waals surface area contributed by atoms with Crippen molar-refractivity contribution in [2.24, 2.45) is 5.41 Å². The van der Waals surface area contributed by atoms with Crippen LogP contribution in [0.4, 0.5) is 0 Å². The molecule has 0 aromatic heterocycles. The number of nitrogens with one attached hydrogen (secondary N) is 1. The van der Waals surface area contributed by atoms with Crippen LogP contribution in [0.3, 0.4) is 0 Å². The Balaban J connectivity index is 1.71. The van der Waals surface area contributed by atoms with Gasteiger partial charge >= 0.3 is 0 Å². The summed E-state index contributed by atoms with van der Waals surface area (Å²) < 4.78 is 12.2. The van der Waals surface area contributed by atoms with Crippen LogP contribution in [0.1, 0.15) is 25.8 Å². The minimum absolute atomic E-state index is 0.463. The zero-order chi connectivity index (χ0) is 12.8. The summed E-state index contributed by atoms with van der Waals surface area (Å²) in [6.45, 7) is 6.73. The number of halogens is 1. The Hall–Kier alpha value is -0.740. The fourth-order valence-corrected chi connectivity index (χ4v) is 2.93. The van der Waals surface area contributed by atoms with Gasteiger partial charge < -0.3 is 14.8 Å². The first-order valence-electron chi connectivity index (χ1n) is 6.38. The van der Waals surface area contributed by atoms with Crippen LogP contribution in [-0.2, 0) is 6.54 Å². The van der Waals surface area contributed by atoms with Crippen LogP contribution >= 0.6 is 15.9 Å². The van der Waals surface area contributed by atoms with Crippen LogP contribution in [0.15, 0.2) is 16.6 Å². The van der Waals surface area contributed by atoms with E-state index in [1.54, 1.807) is 0 Å². The third kappa shape index (κ3) is 2.36.